The molecule has 0 amide bonds. The Kier molecular flexibility index (Phi) is 7.64. The molecule has 0 N–H and O–H groups in total. The van der Waals surface area contributed by atoms with Gasteiger partial charge in [0.25, 0.3) is 0 Å². The Morgan fingerprint density at radius 3 is 1.43 bits per heavy atom. The lowest BCUT2D eigenvalue weighted by molar-refractivity contribution is 0.148. The summed E-state index contributed by atoms with van der Waals surface area (Å²) in [7, 11) is 0. The van der Waals surface area contributed by atoms with Crippen molar-refractivity contribution in [1.29, 1.82) is 0 Å². The van der Waals surface area contributed by atoms with Gasteiger partial charge in [0, 0.05) is 37.2 Å². The van der Waals surface area contributed by atoms with Crippen molar-refractivity contribution in [2.75, 3.05) is 0 Å². The predicted molar refractivity (Wildman–Crippen MR) is 83.3 cm³/mol. The molecule has 0 unspecified atom stereocenters. The lowest BCUT2D eigenvalue weighted by Crippen LogP contribution is -2.24. The summed E-state index contributed by atoms with van der Waals surface area (Å²) in [5, 5.41) is 0. The van der Waals surface area contributed by atoms with E-state index in [1.165, 1.54) is 38.5 Å². The molecule has 0 spiro atoms. The first-order chi connectivity index (χ1) is 6.41. The highest BCUT2D eigenvalue weighted by molar-refractivity contribution is 15.0. The van der Waals surface area contributed by atoms with Crippen molar-refractivity contribution in [3.8, 4) is 0 Å². The summed E-state index contributed by atoms with van der Waals surface area (Å²) < 4.78 is 0. The number of hydrogen-bond donors (Lipinski definition) is 0. The fourth-order valence-electron chi connectivity index (χ4n) is 2.86. The Morgan fingerprint density at radius 1 is 0.714 bits per heavy atom. The molecule has 0 saturated heterocycles. The lowest BCUT2D eigenvalue weighted by Gasteiger charge is -2.37. The van der Waals surface area contributed by atoms with E-state index in [0.29, 0.717) is 10.8 Å². The molecule has 14 heavy (non-hydrogen) atoms. The van der Waals surface area contributed by atoms with Crippen LogP contribution in [0, 0.1) is 10.8 Å². The van der Waals surface area contributed by atoms with E-state index in [1.807, 2.05) is 0 Å². The minimum Gasteiger partial charge on any atom is -0.0599 e. The van der Waals surface area contributed by atoms with Crippen molar-refractivity contribution in [3.05, 3.63) is 0 Å². The molecule has 1 rings (SSSR count). The van der Waals surface area contributed by atoms with E-state index >= 15 is 0 Å². The maximum absolute atomic E-state index is 2.43. The van der Waals surface area contributed by atoms with E-state index in [2.05, 4.69) is 64.9 Å². The van der Waals surface area contributed by atoms with Gasteiger partial charge in [0.1, 0.15) is 0 Å². The van der Waals surface area contributed by atoms with Gasteiger partial charge in [0.15, 0.2) is 0 Å². The highest BCUT2D eigenvalue weighted by Crippen LogP contribution is 2.42. The van der Waals surface area contributed by atoms with Crippen LogP contribution < -0.4 is 0 Å². The van der Waals surface area contributed by atoms with Crippen LogP contribution in [0.25, 0.3) is 0 Å². The SMILES string of the molecule is CC1(C)CCCCCC(C)(C)C1.II. The smallest absolute Gasteiger partial charge is 0 e. The van der Waals surface area contributed by atoms with Crippen molar-refractivity contribution in [2.45, 2.75) is 66.2 Å². The number of rotatable bonds is 0. The van der Waals surface area contributed by atoms with E-state index in [1.54, 1.807) is 0 Å². The van der Waals surface area contributed by atoms with Crippen molar-refractivity contribution in [1.82, 2.24) is 0 Å². The Balaban J connectivity index is 0.000000791. The summed E-state index contributed by atoms with van der Waals surface area (Å²) in [4.78, 5) is 0. The van der Waals surface area contributed by atoms with Crippen LogP contribution in [-0.4, -0.2) is 0 Å². The van der Waals surface area contributed by atoms with Crippen LogP contribution in [0.2, 0.25) is 0 Å². The molecule has 0 radical (unpaired) electrons. The molecule has 0 atom stereocenters. The van der Waals surface area contributed by atoms with Gasteiger partial charge >= 0.3 is 0 Å². The third kappa shape index (κ3) is 6.85. The second-order valence-corrected chi connectivity index (χ2v) is 6.07. The molecular weight excluding hydrogens is 398 g/mol. The Morgan fingerprint density at radius 2 is 1.07 bits per heavy atom. The second-order valence-electron chi connectivity index (χ2n) is 6.07. The van der Waals surface area contributed by atoms with Crippen molar-refractivity contribution >= 4 is 37.2 Å². The largest absolute Gasteiger partial charge is 0.0599 e. The molecule has 2 heteroatoms. The normalized spacial score (nSPS) is 25.3. The van der Waals surface area contributed by atoms with Crippen molar-refractivity contribution in [2.24, 2.45) is 10.8 Å². The van der Waals surface area contributed by atoms with Crippen LogP contribution in [0.15, 0.2) is 0 Å². The molecule has 0 aromatic carbocycles. The van der Waals surface area contributed by atoms with E-state index in [9.17, 15) is 0 Å². The van der Waals surface area contributed by atoms with Gasteiger partial charge in [-0.15, -0.1) is 0 Å². The van der Waals surface area contributed by atoms with Gasteiger partial charge in [-0.1, -0.05) is 47.0 Å². The highest BCUT2D eigenvalue weighted by atomic mass is 128. The Labute approximate surface area is 113 Å². The fraction of sp³-hybridized carbons (Fsp3) is 1.00. The van der Waals surface area contributed by atoms with Gasteiger partial charge in [-0.3, -0.25) is 0 Å². The van der Waals surface area contributed by atoms with Gasteiger partial charge in [0.05, 0.1) is 0 Å². The maximum atomic E-state index is 2.43. The zero-order valence-corrected chi connectivity index (χ0v) is 14.3. The number of hydrogen-bond acceptors (Lipinski definition) is 0. The zero-order valence-electron chi connectivity index (χ0n) is 10.00. The van der Waals surface area contributed by atoms with Crippen LogP contribution in [0.1, 0.15) is 66.2 Å². The predicted octanol–water partition coefficient (Wildman–Crippen LogP) is 6.16. The highest BCUT2D eigenvalue weighted by Gasteiger charge is 2.29. The molecule has 0 bridgehead atoms. The minimum absolute atomic E-state index is 0.587. The van der Waals surface area contributed by atoms with Crippen LogP contribution in [0.5, 0.6) is 0 Å². The molecule has 0 aliphatic heterocycles. The average molecular weight is 422 g/mol. The molecule has 1 aliphatic rings. The van der Waals surface area contributed by atoms with Crippen LogP contribution >= 0.6 is 37.2 Å². The summed E-state index contributed by atoms with van der Waals surface area (Å²) in [6, 6.07) is 0. The first-order valence-electron chi connectivity index (χ1n) is 5.56. The van der Waals surface area contributed by atoms with E-state index in [4.69, 9.17) is 0 Å². The first kappa shape index (κ1) is 15.5. The summed E-state index contributed by atoms with van der Waals surface area (Å²) >= 11 is 4.24. The van der Waals surface area contributed by atoms with Gasteiger partial charge in [-0.05, 0) is 30.1 Å². The Bertz CT molecular complexity index is 134. The minimum atomic E-state index is 0.587. The number of halogens is 2. The summed E-state index contributed by atoms with van der Waals surface area (Å²) in [6.45, 7) is 9.72. The Hall–Kier alpha value is 1.46. The fourth-order valence-corrected chi connectivity index (χ4v) is 2.86. The molecule has 1 fully saturated rings. The average Bonchev–Trinajstić information content (AvgIpc) is 2.03. The van der Waals surface area contributed by atoms with Gasteiger partial charge in [-0.2, -0.15) is 0 Å². The second kappa shape index (κ2) is 6.92. The third-order valence-electron chi connectivity index (χ3n) is 3.16. The monoisotopic (exact) mass is 422 g/mol. The van der Waals surface area contributed by atoms with Gasteiger partial charge in [0.2, 0.25) is 0 Å². The standard InChI is InChI=1S/C12H24.I2/c1-11(2)8-6-5-7-9-12(3,4)10-11;1-2/h5-10H2,1-4H3;. The van der Waals surface area contributed by atoms with Crippen molar-refractivity contribution in [3.63, 3.8) is 0 Å². The molecule has 86 valence electrons. The summed E-state index contributed by atoms with van der Waals surface area (Å²) in [5.41, 5.74) is 1.17. The summed E-state index contributed by atoms with van der Waals surface area (Å²) in [5.74, 6) is 0. The van der Waals surface area contributed by atoms with Gasteiger partial charge < -0.3 is 0 Å². The molecule has 0 heterocycles. The molecule has 1 saturated carbocycles. The van der Waals surface area contributed by atoms with E-state index < -0.39 is 0 Å². The van der Waals surface area contributed by atoms with E-state index in [-0.39, 0.29) is 0 Å². The van der Waals surface area contributed by atoms with E-state index in [0.717, 1.165) is 0 Å². The molecule has 0 nitrogen and oxygen atoms in total. The van der Waals surface area contributed by atoms with Crippen LogP contribution in [0.3, 0.4) is 0 Å². The topological polar surface area (TPSA) is 0 Å². The maximum Gasteiger partial charge on any atom is 0 e. The molecule has 0 aromatic rings. The first-order valence-corrected chi connectivity index (χ1v) is 11.8. The van der Waals surface area contributed by atoms with Crippen molar-refractivity contribution < 1.29 is 0 Å². The third-order valence-corrected chi connectivity index (χ3v) is 3.16. The van der Waals surface area contributed by atoms with Crippen LogP contribution in [0.4, 0.5) is 0 Å². The molecular formula is C12H24I2. The summed E-state index contributed by atoms with van der Waals surface area (Å²) in [6.07, 6.45) is 8.60. The molecule has 1 aliphatic carbocycles. The van der Waals surface area contributed by atoms with Crippen LogP contribution in [-0.2, 0) is 0 Å². The zero-order chi connectivity index (χ0) is 11.2. The lowest BCUT2D eigenvalue weighted by atomic mass is 9.69. The quantitative estimate of drug-likeness (QED) is 0.410. The molecule has 0 aromatic heterocycles. The van der Waals surface area contributed by atoms with Gasteiger partial charge in [-0.25, -0.2) is 0 Å².